The van der Waals surface area contributed by atoms with E-state index in [4.69, 9.17) is 16.3 Å². The molecule has 2 aliphatic heterocycles. The number of carbonyl (C=O) groups is 1. The highest BCUT2D eigenvalue weighted by Crippen LogP contribution is 2.30. The molecular weight excluding hydrogens is 316 g/mol. The number of amides is 1. The Balaban J connectivity index is 1.48. The molecule has 2 aliphatic rings. The van der Waals surface area contributed by atoms with E-state index in [2.05, 4.69) is 10.3 Å². The Morgan fingerprint density at radius 1 is 1.43 bits per heavy atom. The van der Waals surface area contributed by atoms with Crippen LogP contribution in [0.5, 0.6) is 0 Å². The highest BCUT2D eigenvalue weighted by atomic mass is 35.5. The highest BCUT2D eigenvalue weighted by Gasteiger charge is 2.37. The molecule has 1 aromatic carbocycles. The second-order valence-corrected chi connectivity index (χ2v) is 6.46. The fourth-order valence-corrected chi connectivity index (χ4v) is 3.55. The average molecular weight is 333 g/mol. The van der Waals surface area contributed by atoms with Crippen LogP contribution in [0.1, 0.15) is 23.7 Å². The molecule has 0 aliphatic carbocycles. The number of benzene rings is 1. The van der Waals surface area contributed by atoms with E-state index in [0.717, 1.165) is 17.7 Å². The van der Waals surface area contributed by atoms with E-state index in [0.29, 0.717) is 31.1 Å². The normalized spacial score (nSPS) is 23.3. The maximum atomic E-state index is 12.6. The van der Waals surface area contributed by atoms with E-state index in [1.54, 1.807) is 6.20 Å². The third-order valence-electron chi connectivity index (χ3n) is 4.53. The van der Waals surface area contributed by atoms with Gasteiger partial charge in [0.1, 0.15) is 0 Å². The first-order valence-electron chi connectivity index (χ1n) is 7.73. The van der Waals surface area contributed by atoms with Gasteiger partial charge >= 0.3 is 0 Å². The molecule has 2 atom stereocenters. The summed E-state index contributed by atoms with van der Waals surface area (Å²) in [5, 5.41) is 8.77. The zero-order valence-corrected chi connectivity index (χ0v) is 13.3. The molecule has 6 nitrogen and oxygen atoms in total. The zero-order valence-electron chi connectivity index (χ0n) is 12.6. The summed E-state index contributed by atoms with van der Waals surface area (Å²) in [5.74, 6) is 0.109. The van der Waals surface area contributed by atoms with Crippen LogP contribution in [0.25, 0.3) is 0 Å². The number of likely N-dealkylation sites (tertiary alicyclic amines) is 1. The van der Waals surface area contributed by atoms with E-state index in [9.17, 15) is 4.79 Å². The molecule has 0 radical (unpaired) electrons. The fourth-order valence-electron chi connectivity index (χ4n) is 3.34. The third kappa shape index (κ3) is 2.84. The van der Waals surface area contributed by atoms with Gasteiger partial charge in [0.25, 0.3) is 0 Å². The quantitative estimate of drug-likeness (QED) is 0.842. The molecule has 1 amide bonds. The van der Waals surface area contributed by atoms with Crippen molar-refractivity contribution in [2.45, 2.75) is 31.6 Å². The van der Waals surface area contributed by atoms with Gasteiger partial charge < -0.3 is 9.64 Å². The molecule has 1 fully saturated rings. The maximum absolute atomic E-state index is 12.6. The van der Waals surface area contributed by atoms with Crippen molar-refractivity contribution in [1.82, 2.24) is 19.9 Å². The molecule has 120 valence electrons. The molecular formula is C16H17ClN4O2. The van der Waals surface area contributed by atoms with E-state index >= 15 is 0 Å². The summed E-state index contributed by atoms with van der Waals surface area (Å²) in [6, 6.07) is 7.50. The molecule has 0 bridgehead atoms. The van der Waals surface area contributed by atoms with Gasteiger partial charge in [-0.05, 0) is 24.1 Å². The molecule has 4 rings (SSSR count). The second kappa shape index (κ2) is 5.94. The van der Waals surface area contributed by atoms with E-state index < -0.39 is 0 Å². The lowest BCUT2D eigenvalue weighted by Gasteiger charge is -2.41. The van der Waals surface area contributed by atoms with Crippen molar-refractivity contribution in [3.8, 4) is 0 Å². The van der Waals surface area contributed by atoms with Gasteiger partial charge in [0.15, 0.2) is 0 Å². The van der Waals surface area contributed by atoms with Gasteiger partial charge in [-0.25, -0.2) is 4.68 Å². The minimum absolute atomic E-state index is 0.0540. The number of halogens is 1. The molecule has 3 heterocycles. The highest BCUT2D eigenvalue weighted by molar-refractivity contribution is 6.30. The summed E-state index contributed by atoms with van der Waals surface area (Å²) in [6.45, 7) is 1.87. The predicted octanol–water partition coefficient (Wildman–Crippen LogP) is 1.85. The molecule has 0 spiro atoms. The number of hydrogen-bond acceptors (Lipinski definition) is 4. The monoisotopic (exact) mass is 332 g/mol. The van der Waals surface area contributed by atoms with Gasteiger partial charge in [0, 0.05) is 18.1 Å². The first-order chi connectivity index (χ1) is 11.2. The molecule has 0 N–H and O–H groups in total. The number of carbonyl (C=O) groups excluding carboxylic acids is 1. The number of piperidine rings is 1. The second-order valence-electron chi connectivity index (χ2n) is 6.02. The minimum atomic E-state index is 0.0540. The molecule has 7 heteroatoms. The standard InChI is InChI=1S/C16H17ClN4O2/c17-12-3-1-2-11(6-12)7-16(22)20-5-4-15-14(9-20)21-13(10-23-15)8-18-19-21/h1-3,6,8,14-15H,4-5,7,9-10H2/t14-,15+/m1/s1. The van der Waals surface area contributed by atoms with Crippen LogP contribution in [0.4, 0.5) is 0 Å². The van der Waals surface area contributed by atoms with Crippen molar-refractivity contribution < 1.29 is 9.53 Å². The van der Waals surface area contributed by atoms with Gasteiger partial charge in [-0.15, -0.1) is 5.10 Å². The number of fused-ring (bicyclic) bond motifs is 3. The number of aromatic nitrogens is 3. The van der Waals surface area contributed by atoms with Crippen LogP contribution in [0.15, 0.2) is 30.5 Å². The average Bonchev–Trinajstić information content (AvgIpc) is 3.03. The third-order valence-corrected chi connectivity index (χ3v) is 4.76. The Hall–Kier alpha value is -1.92. The Bertz CT molecular complexity index is 732. The number of nitrogens with zero attached hydrogens (tertiary/aromatic N) is 4. The van der Waals surface area contributed by atoms with Crippen LogP contribution in [-0.2, 0) is 22.6 Å². The first kappa shape index (κ1) is 14.7. The Morgan fingerprint density at radius 2 is 2.35 bits per heavy atom. The summed E-state index contributed by atoms with van der Waals surface area (Å²) in [4.78, 5) is 14.5. The van der Waals surface area contributed by atoms with Crippen molar-refractivity contribution >= 4 is 17.5 Å². The summed E-state index contributed by atoms with van der Waals surface area (Å²) < 4.78 is 7.78. The Kier molecular flexibility index (Phi) is 3.79. The SMILES string of the molecule is O=C(Cc1cccc(Cl)c1)N1CC[C@@H]2OCc3cnnn3[C@@H]2C1. The van der Waals surface area contributed by atoms with Gasteiger partial charge in [-0.1, -0.05) is 28.9 Å². The van der Waals surface area contributed by atoms with Crippen LogP contribution >= 0.6 is 11.6 Å². The van der Waals surface area contributed by atoms with Crippen molar-refractivity contribution in [2.75, 3.05) is 13.1 Å². The molecule has 0 unspecified atom stereocenters. The largest absolute Gasteiger partial charge is 0.370 e. The lowest BCUT2D eigenvalue weighted by atomic mass is 9.99. The number of ether oxygens (including phenoxy) is 1. The van der Waals surface area contributed by atoms with Crippen LogP contribution < -0.4 is 0 Å². The molecule has 23 heavy (non-hydrogen) atoms. The maximum Gasteiger partial charge on any atom is 0.227 e. The number of rotatable bonds is 2. The van der Waals surface area contributed by atoms with Crippen molar-refractivity contribution in [3.63, 3.8) is 0 Å². The summed E-state index contributed by atoms with van der Waals surface area (Å²) in [5.41, 5.74) is 1.90. The van der Waals surface area contributed by atoms with Crippen molar-refractivity contribution in [2.24, 2.45) is 0 Å². The van der Waals surface area contributed by atoms with Crippen molar-refractivity contribution in [3.05, 3.63) is 46.7 Å². The van der Waals surface area contributed by atoms with Gasteiger partial charge in [-0.2, -0.15) is 0 Å². The molecule has 0 saturated carbocycles. The topological polar surface area (TPSA) is 60.3 Å². The van der Waals surface area contributed by atoms with Crippen LogP contribution in [-0.4, -0.2) is 45.0 Å². The fraction of sp³-hybridized carbons (Fsp3) is 0.438. The van der Waals surface area contributed by atoms with Crippen LogP contribution in [0.3, 0.4) is 0 Å². The lowest BCUT2D eigenvalue weighted by molar-refractivity contribution is -0.137. The van der Waals surface area contributed by atoms with Gasteiger partial charge in [-0.3, -0.25) is 4.79 Å². The van der Waals surface area contributed by atoms with Crippen LogP contribution in [0.2, 0.25) is 5.02 Å². The molecule has 1 saturated heterocycles. The van der Waals surface area contributed by atoms with E-state index in [1.165, 1.54) is 0 Å². The van der Waals surface area contributed by atoms with E-state index in [-0.39, 0.29) is 18.1 Å². The zero-order chi connectivity index (χ0) is 15.8. The summed E-state index contributed by atoms with van der Waals surface area (Å²) in [6.07, 6.45) is 3.02. The molecule has 2 aromatic rings. The lowest BCUT2D eigenvalue weighted by Crippen LogP contribution is -2.50. The van der Waals surface area contributed by atoms with Crippen molar-refractivity contribution in [1.29, 1.82) is 0 Å². The minimum Gasteiger partial charge on any atom is -0.370 e. The van der Waals surface area contributed by atoms with E-state index in [1.807, 2.05) is 33.8 Å². The molecule has 1 aromatic heterocycles. The van der Waals surface area contributed by atoms with Gasteiger partial charge in [0.2, 0.25) is 5.91 Å². The first-order valence-corrected chi connectivity index (χ1v) is 8.11. The van der Waals surface area contributed by atoms with Gasteiger partial charge in [0.05, 0.1) is 37.1 Å². The Morgan fingerprint density at radius 3 is 3.22 bits per heavy atom. The van der Waals surface area contributed by atoms with Crippen LogP contribution in [0, 0.1) is 0 Å². The predicted molar refractivity (Wildman–Crippen MR) is 84.0 cm³/mol. The Labute approximate surface area is 139 Å². The number of hydrogen-bond donors (Lipinski definition) is 0. The smallest absolute Gasteiger partial charge is 0.227 e. The summed E-state index contributed by atoms with van der Waals surface area (Å²) >= 11 is 5.99. The summed E-state index contributed by atoms with van der Waals surface area (Å²) in [7, 11) is 0.